The summed E-state index contributed by atoms with van der Waals surface area (Å²) < 4.78 is 10.4. The molecule has 0 spiro atoms. The lowest BCUT2D eigenvalue weighted by molar-refractivity contribution is 0.414. The molecule has 2 heteroatoms. The van der Waals surface area contributed by atoms with Crippen LogP contribution in [0.5, 0.6) is 11.5 Å². The molecule has 2 aromatic rings. The molecule has 80 valence electrons. The van der Waals surface area contributed by atoms with Gasteiger partial charge in [0.15, 0.2) is 0 Å². The highest BCUT2D eigenvalue weighted by atomic mass is 16.5. The molecule has 0 N–H and O–H groups in total. The molecular formula is C14H12O2. The van der Waals surface area contributed by atoms with Crippen molar-refractivity contribution in [1.29, 1.82) is 0 Å². The van der Waals surface area contributed by atoms with Crippen molar-refractivity contribution in [2.45, 2.75) is 0 Å². The van der Waals surface area contributed by atoms with Crippen LogP contribution in [0, 0.1) is 0 Å². The summed E-state index contributed by atoms with van der Waals surface area (Å²) in [5, 5.41) is 0. The first-order valence-electron chi connectivity index (χ1n) is 5.20. The van der Waals surface area contributed by atoms with Gasteiger partial charge >= 0.3 is 0 Å². The first kappa shape index (κ1) is 9.28. The highest BCUT2D eigenvalue weighted by molar-refractivity contribution is 6.03. The monoisotopic (exact) mass is 212 g/mol. The van der Waals surface area contributed by atoms with Crippen molar-refractivity contribution in [3.05, 3.63) is 36.4 Å². The summed E-state index contributed by atoms with van der Waals surface area (Å²) in [7, 11) is 3.38. The fourth-order valence-corrected chi connectivity index (χ4v) is 2.15. The fourth-order valence-electron chi connectivity index (χ4n) is 2.15. The van der Waals surface area contributed by atoms with Gasteiger partial charge in [0.05, 0.1) is 14.2 Å². The van der Waals surface area contributed by atoms with Crippen LogP contribution in [-0.4, -0.2) is 14.2 Å². The molecule has 16 heavy (non-hydrogen) atoms. The maximum Gasteiger partial charge on any atom is 0.119 e. The Balaban J connectivity index is 2.10. The minimum atomic E-state index is 0.903. The van der Waals surface area contributed by atoms with Gasteiger partial charge in [-0.1, -0.05) is 12.1 Å². The molecule has 1 aliphatic rings. The molecule has 0 atom stereocenters. The van der Waals surface area contributed by atoms with E-state index in [1.807, 2.05) is 12.1 Å². The number of benzene rings is 2. The van der Waals surface area contributed by atoms with Crippen LogP contribution < -0.4 is 9.47 Å². The molecule has 0 amide bonds. The van der Waals surface area contributed by atoms with E-state index in [1.165, 1.54) is 22.3 Å². The third-order valence-electron chi connectivity index (χ3n) is 3.03. The lowest BCUT2D eigenvalue weighted by Gasteiger charge is -2.24. The van der Waals surface area contributed by atoms with Crippen LogP contribution in [0.4, 0.5) is 0 Å². The SMILES string of the molecule is COc1ccc2c(c1)-c1ccc(OC)cc1-2. The summed E-state index contributed by atoms with van der Waals surface area (Å²) in [6.45, 7) is 0. The second kappa shape index (κ2) is 3.27. The number of fused-ring (bicyclic) bond motifs is 4. The van der Waals surface area contributed by atoms with Gasteiger partial charge in [-0.05, 0) is 46.5 Å². The molecule has 2 aromatic carbocycles. The normalized spacial score (nSPS) is 11.1. The van der Waals surface area contributed by atoms with E-state index in [1.54, 1.807) is 14.2 Å². The van der Waals surface area contributed by atoms with Crippen LogP contribution in [0.25, 0.3) is 22.3 Å². The molecule has 0 heterocycles. The molecule has 0 bridgehead atoms. The molecule has 0 saturated heterocycles. The standard InChI is InChI=1S/C14H12O2/c1-15-9-3-5-11-13(7-9)12-6-4-10(16-2)8-14(11)12/h3-8H,1-2H3. The number of methoxy groups -OCH3 is 2. The van der Waals surface area contributed by atoms with Gasteiger partial charge in [0, 0.05) is 0 Å². The van der Waals surface area contributed by atoms with Crippen molar-refractivity contribution in [2.75, 3.05) is 14.2 Å². The van der Waals surface area contributed by atoms with Crippen LogP contribution in [0.1, 0.15) is 0 Å². The van der Waals surface area contributed by atoms with E-state index in [2.05, 4.69) is 24.3 Å². The van der Waals surface area contributed by atoms with E-state index < -0.39 is 0 Å². The van der Waals surface area contributed by atoms with Crippen LogP contribution in [0.3, 0.4) is 0 Å². The molecule has 0 saturated carbocycles. The van der Waals surface area contributed by atoms with Crippen LogP contribution in [-0.2, 0) is 0 Å². The molecule has 0 unspecified atom stereocenters. The number of hydrogen-bond donors (Lipinski definition) is 0. The molecule has 0 aromatic heterocycles. The molecule has 3 rings (SSSR count). The van der Waals surface area contributed by atoms with Gasteiger partial charge in [0.1, 0.15) is 11.5 Å². The van der Waals surface area contributed by atoms with E-state index in [4.69, 9.17) is 9.47 Å². The third kappa shape index (κ3) is 1.13. The summed E-state index contributed by atoms with van der Waals surface area (Å²) in [6.07, 6.45) is 0. The summed E-state index contributed by atoms with van der Waals surface area (Å²) >= 11 is 0. The quantitative estimate of drug-likeness (QED) is 0.648. The van der Waals surface area contributed by atoms with Crippen LogP contribution in [0.2, 0.25) is 0 Å². The minimum Gasteiger partial charge on any atom is -0.497 e. The molecule has 1 aliphatic carbocycles. The van der Waals surface area contributed by atoms with Gasteiger partial charge in [-0.3, -0.25) is 0 Å². The Morgan fingerprint density at radius 2 is 1.06 bits per heavy atom. The third-order valence-corrected chi connectivity index (χ3v) is 3.03. The first-order chi connectivity index (χ1) is 7.83. The van der Waals surface area contributed by atoms with Gasteiger partial charge in [0.25, 0.3) is 0 Å². The Bertz CT molecular complexity index is 493. The van der Waals surface area contributed by atoms with Gasteiger partial charge in [-0.25, -0.2) is 0 Å². The number of ether oxygens (including phenoxy) is 2. The van der Waals surface area contributed by atoms with Crippen LogP contribution >= 0.6 is 0 Å². The second-order valence-electron chi connectivity index (χ2n) is 3.82. The zero-order valence-corrected chi connectivity index (χ0v) is 9.28. The highest BCUT2D eigenvalue weighted by Gasteiger charge is 2.22. The van der Waals surface area contributed by atoms with Crippen molar-refractivity contribution in [2.24, 2.45) is 0 Å². The highest BCUT2D eigenvalue weighted by Crippen LogP contribution is 2.49. The summed E-state index contributed by atoms with van der Waals surface area (Å²) in [5.74, 6) is 1.81. The van der Waals surface area contributed by atoms with Crippen molar-refractivity contribution in [3.63, 3.8) is 0 Å². The molecule has 0 fully saturated rings. The Hall–Kier alpha value is -1.96. The number of hydrogen-bond acceptors (Lipinski definition) is 2. The topological polar surface area (TPSA) is 18.5 Å². The summed E-state index contributed by atoms with van der Waals surface area (Å²) in [6, 6.07) is 12.3. The molecule has 0 radical (unpaired) electrons. The van der Waals surface area contributed by atoms with Crippen molar-refractivity contribution in [3.8, 4) is 33.8 Å². The zero-order chi connectivity index (χ0) is 11.1. The Labute approximate surface area is 94.4 Å². The smallest absolute Gasteiger partial charge is 0.119 e. The summed E-state index contributed by atoms with van der Waals surface area (Å²) in [4.78, 5) is 0. The molecule has 0 aliphatic heterocycles. The lowest BCUT2D eigenvalue weighted by Crippen LogP contribution is -1.99. The zero-order valence-electron chi connectivity index (χ0n) is 9.28. The molecule has 2 nitrogen and oxygen atoms in total. The first-order valence-corrected chi connectivity index (χ1v) is 5.20. The van der Waals surface area contributed by atoms with E-state index in [0.717, 1.165) is 11.5 Å². The lowest BCUT2D eigenvalue weighted by atomic mass is 9.80. The second-order valence-corrected chi connectivity index (χ2v) is 3.82. The van der Waals surface area contributed by atoms with E-state index in [-0.39, 0.29) is 0 Å². The van der Waals surface area contributed by atoms with Gasteiger partial charge in [-0.2, -0.15) is 0 Å². The van der Waals surface area contributed by atoms with E-state index >= 15 is 0 Å². The van der Waals surface area contributed by atoms with Crippen molar-refractivity contribution < 1.29 is 9.47 Å². The Morgan fingerprint density at radius 3 is 1.44 bits per heavy atom. The average molecular weight is 212 g/mol. The van der Waals surface area contributed by atoms with E-state index in [0.29, 0.717) is 0 Å². The van der Waals surface area contributed by atoms with Crippen molar-refractivity contribution >= 4 is 0 Å². The van der Waals surface area contributed by atoms with Crippen LogP contribution in [0.15, 0.2) is 36.4 Å². The fraction of sp³-hybridized carbons (Fsp3) is 0.143. The van der Waals surface area contributed by atoms with Gasteiger partial charge < -0.3 is 9.47 Å². The largest absolute Gasteiger partial charge is 0.497 e. The molecular weight excluding hydrogens is 200 g/mol. The predicted octanol–water partition coefficient (Wildman–Crippen LogP) is 3.35. The maximum absolute atomic E-state index is 5.22. The predicted molar refractivity (Wildman–Crippen MR) is 64.0 cm³/mol. The Kier molecular flexibility index (Phi) is 1.90. The maximum atomic E-state index is 5.22. The Morgan fingerprint density at radius 1 is 0.625 bits per heavy atom. The van der Waals surface area contributed by atoms with Gasteiger partial charge in [0.2, 0.25) is 0 Å². The van der Waals surface area contributed by atoms with Gasteiger partial charge in [-0.15, -0.1) is 0 Å². The summed E-state index contributed by atoms with van der Waals surface area (Å²) in [5.41, 5.74) is 5.07. The average Bonchev–Trinajstić information content (AvgIpc) is 2.34. The van der Waals surface area contributed by atoms with E-state index in [9.17, 15) is 0 Å². The minimum absolute atomic E-state index is 0.903. The van der Waals surface area contributed by atoms with Crippen molar-refractivity contribution in [1.82, 2.24) is 0 Å². The number of rotatable bonds is 2.